The lowest BCUT2D eigenvalue weighted by Crippen LogP contribution is -2.49. The Morgan fingerprint density at radius 1 is 1.10 bits per heavy atom. The van der Waals surface area contributed by atoms with Crippen molar-refractivity contribution < 1.29 is 19.6 Å². The van der Waals surface area contributed by atoms with Gasteiger partial charge in [-0.3, -0.25) is 19.7 Å². The van der Waals surface area contributed by atoms with Crippen LogP contribution in [0.1, 0.15) is 18.1 Å². The van der Waals surface area contributed by atoms with Crippen LogP contribution in [0.4, 0.5) is 5.69 Å². The van der Waals surface area contributed by atoms with Gasteiger partial charge in [-0.2, -0.15) is 0 Å². The lowest BCUT2D eigenvalue weighted by molar-refractivity contribution is -0.387. The highest BCUT2D eigenvalue weighted by molar-refractivity contribution is 7.99. The van der Waals surface area contributed by atoms with Gasteiger partial charge in [0.05, 0.1) is 16.4 Å². The van der Waals surface area contributed by atoms with E-state index in [1.54, 1.807) is 46.2 Å². The number of hydrogen-bond donors (Lipinski definition) is 1. The third kappa shape index (κ3) is 5.71. The fourth-order valence-electron chi connectivity index (χ4n) is 3.23. The molecular weight excluding hydrogens is 418 g/mol. The standard InChI is InChI=1S/C22H23N3O5S/c1-16(27)23-10-12-24(13-11-23)22(28)9-7-17-6-8-21(19(14-17)25(29)30)31-20-5-3-2-4-18(20)15-26/h2-9,14,26H,10-13,15H2,1H3/b9-7+. The van der Waals surface area contributed by atoms with Crippen molar-refractivity contribution in [3.05, 3.63) is 69.8 Å². The summed E-state index contributed by atoms with van der Waals surface area (Å²) in [5.74, 6) is -0.198. The van der Waals surface area contributed by atoms with Crippen LogP contribution in [0.15, 0.2) is 58.3 Å². The summed E-state index contributed by atoms with van der Waals surface area (Å²) in [6.07, 6.45) is 2.96. The topological polar surface area (TPSA) is 104 Å². The van der Waals surface area contributed by atoms with Crippen LogP contribution >= 0.6 is 11.8 Å². The van der Waals surface area contributed by atoms with Gasteiger partial charge in [-0.25, -0.2) is 0 Å². The Morgan fingerprint density at radius 3 is 2.42 bits per heavy atom. The molecule has 2 aromatic rings. The van der Waals surface area contributed by atoms with Crippen LogP contribution in [0.5, 0.6) is 0 Å². The Bertz CT molecular complexity index is 1020. The van der Waals surface area contributed by atoms with Gasteiger partial charge < -0.3 is 14.9 Å². The zero-order valence-corrected chi connectivity index (χ0v) is 17.9. The van der Waals surface area contributed by atoms with Gasteiger partial charge in [-0.1, -0.05) is 36.0 Å². The molecule has 0 aliphatic carbocycles. The fraction of sp³-hybridized carbons (Fsp3) is 0.273. The van der Waals surface area contributed by atoms with Crippen molar-refractivity contribution in [1.29, 1.82) is 0 Å². The third-order valence-electron chi connectivity index (χ3n) is 5.00. The van der Waals surface area contributed by atoms with Crippen molar-refractivity contribution in [3.8, 4) is 0 Å². The maximum Gasteiger partial charge on any atom is 0.283 e. The van der Waals surface area contributed by atoms with E-state index in [9.17, 15) is 24.8 Å². The lowest BCUT2D eigenvalue weighted by atomic mass is 10.2. The molecule has 0 saturated carbocycles. The summed E-state index contributed by atoms with van der Waals surface area (Å²) >= 11 is 1.22. The summed E-state index contributed by atoms with van der Waals surface area (Å²) in [4.78, 5) is 39.5. The minimum absolute atomic E-state index is 0.00507. The molecule has 0 aromatic heterocycles. The Morgan fingerprint density at radius 2 is 1.77 bits per heavy atom. The van der Waals surface area contributed by atoms with Crippen LogP contribution in [-0.2, 0) is 16.2 Å². The van der Waals surface area contributed by atoms with E-state index >= 15 is 0 Å². The number of rotatable bonds is 6. The molecule has 2 amide bonds. The number of nitro groups is 1. The highest BCUT2D eigenvalue weighted by Gasteiger charge is 2.21. The molecule has 2 aromatic carbocycles. The van der Waals surface area contributed by atoms with Gasteiger partial charge in [0.1, 0.15) is 0 Å². The zero-order chi connectivity index (χ0) is 22.4. The maximum absolute atomic E-state index is 12.4. The molecule has 0 radical (unpaired) electrons. The average Bonchev–Trinajstić information content (AvgIpc) is 2.78. The van der Waals surface area contributed by atoms with Gasteiger partial charge in [0.2, 0.25) is 11.8 Å². The Labute approximate surface area is 184 Å². The van der Waals surface area contributed by atoms with E-state index in [0.29, 0.717) is 42.2 Å². The van der Waals surface area contributed by atoms with E-state index in [1.807, 2.05) is 6.07 Å². The molecule has 0 atom stereocenters. The van der Waals surface area contributed by atoms with Crippen LogP contribution < -0.4 is 0 Å². The number of nitro benzene ring substituents is 1. The van der Waals surface area contributed by atoms with Gasteiger partial charge in [0.25, 0.3) is 5.69 Å². The van der Waals surface area contributed by atoms with E-state index in [2.05, 4.69) is 0 Å². The van der Waals surface area contributed by atoms with Crippen molar-refractivity contribution in [3.63, 3.8) is 0 Å². The average molecular weight is 442 g/mol. The fourth-order valence-corrected chi connectivity index (χ4v) is 4.26. The SMILES string of the molecule is CC(=O)N1CCN(C(=O)/C=C/c2ccc(Sc3ccccc3CO)c([N+](=O)[O-])c2)CC1. The van der Waals surface area contributed by atoms with Crippen molar-refractivity contribution in [2.45, 2.75) is 23.3 Å². The molecule has 1 saturated heterocycles. The highest BCUT2D eigenvalue weighted by Crippen LogP contribution is 2.37. The third-order valence-corrected chi connectivity index (χ3v) is 6.18. The second-order valence-electron chi connectivity index (χ2n) is 7.02. The molecule has 1 N–H and O–H groups in total. The van der Waals surface area contributed by atoms with Gasteiger partial charge in [0, 0.05) is 50.1 Å². The van der Waals surface area contributed by atoms with Crippen molar-refractivity contribution in [2.75, 3.05) is 26.2 Å². The molecule has 31 heavy (non-hydrogen) atoms. The number of carbonyl (C=O) groups is 2. The first-order chi connectivity index (χ1) is 14.9. The second-order valence-corrected chi connectivity index (χ2v) is 8.10. The molecule has 1 aliphatic heterocycles. The molecule has 3 rings (SSSR count). The Balaban J connectivity index is 1.73. The van der Waals surface area contributed by atoms with E-state index in [-0.39, 0.29) is 24.1 Å². The number of aliphatic hydroxyl groups excluding tert-OH is 1. The first-order valence-corrected chi connectivity index (χ1v) is 10.6. The first kappa shape index (κ1) is 22.5. The van der Waals surface area contributed by atoms with Crippen LogP contribution in [0.3, 0.4) is 0 Å². The van der Waals surface area contributed by atoms with E-state index in [0.717, 1.165) is 4.90 Å². The molecule has 1 fully saturated rings. The largest absolute Gasteiger partial charge is 0.392 e. The molecule has 8 nitrogen and oxygen atoms in total. The minimum atomic E-state index is -0.454. The van der Waals surface area contributed by atoms with Gasteiger partial charge >= 0.3 is 0 Å². The second kappa shape index (κ2) is 10.2. The number of piperazine rings is 1. The van der Waals surface area contributed by atoms with E-state index < -0.39 is 4.92 Å². The van der Waals surface area contributed by atoms with Crippen LogP contribution in [0, 0.1) is 10.1 Å². The van der Waals surface area contributed by atoms with Gasteiger partial charge in [0.15, 0.2) is 0 Å². The summed E-state index contributed by atoms with van der Waals surface area (Å²) in [5.41, 5.74) is 1.17. The summed E-state index contributed by atoms with van der Waals surface area (Å²) in [5, 5.41) is 21.1. The molecule has 1 heterocycles. The van der Waals surface area contributed by atoms with E-state index in [1.165, 1.54) is 30.8 Å². The zero-order valence-electron chi connectivity index (χ0n) is 17.1. The normalized spacial score (nSPS) is 14.1. The van der Waals surface area contributed by atoms with Crippen LogP contribution in [-0.4, -0.2) is 57.8 Å². The molecule has 0 bridgehead atoms. The number of aliphatic hydroxyl groups is 1. The summed E-state index contributed by atoms with van der Waals surface area (Å²) in [6, 6.07) is 12.0. The van der Waals surface area contributed by atoms with Gasteiger partial charge in [-0.05, 0) is 29.3 Å². The first-order valence-electron chi connectivity index (χ1n) is 9.76. The van der Waals surface area contributed by atoms with Crippen molar-refractivity contribution >= 4 is 35.3 Å². The molecule has 0 spiro atoms. The molecule has 0 unspecified atom stereocenters. The molecule has 162 valence electrons. The van der Waals surface area contributed by atoms with E-state index in [4.69, 9.17) is 0 Å². The number of benzene rings is 2. The highest BCUT2D eigenvalue weighted by atomic mass is 32.2. The maximum atomic E-state index is 12.4. The van der Waals surface area contributed by atoms with Crippen molar-refractivity contribution in [2.24, 2.45) is 0 Å². The predicted octanol–water partition coefficient (Wildman–Crippen LogP) is 2.94. The molecule has 9 heteroatoms. The van der Waals surface area contributed by atoms with Crippen LogP contribution in [0.25, 0.3) is 6.08 Å². The lowest BCUT2D eigenvalue weighted by Gasteiger charge is -2.33. The summed E-state index contributed by atoms with van der Waals surface area (Å²) in [6.45, 7) is 3.28. The number of nitrogens with zero attached hydrogens (tertiary/aromatic N) is 3. The number of amides is 2. The quantitative estimate of drug-likeness (QED) is 0.420. The number of hydrogen-bond acceptors (Lipinski definition) is 6. The summed E-state index contributed by atoms with van der Waals surface area (Å²) < 4.78 is 0. The van der Waals surface area contributed by atoms with Crippen molar-refractivity contribution in [1.82, 2.24) is 9.80 Å². The monoisotopic (exact) mass is 441 g/mol. The Hall–Kier alpha value is -3.17. The molecule has 1 aliphatic rings. The number of carbonyl (C=O) groups excluding carboxylic acids is 2. The smallest absolute Gasteiger partial charge is 0.283 e. The predicted molar refractivity (Wildman–Crippen MR) is 117 cm³/mol. The molecular formula is C22H23N3O5S. The summed E-state index contributed by atoms with van der Waals surface area (Å²) in [7, 11) is 0. The van der Waals surface area contributed by atoms with Gasteiger partial charge in [-0.15, -0.1) is 0 Å². The Kier molecular flexibility index (Phi) is 7.43. The van der Waals surface area contributed by atoms with Crippen LogP contribution in [0.2, 0.25) is 0 Å². The minimum Gasteiger partial charge on any atom is -0.392 e.